The van der Waals surface area contributed by atoms with Gasteiger partial charge in [0.1, 0.15) is 18.1 Å². The van der Waals surface area contributed by atoms with Gasteiger partial charge in [0.2, 0.25) is 0 Å². The van der Waals surface area contributed by atoms with Gasteiger partial charge in [-0.1, -0.05) is 5.21 Å². The van der Waals surface area contributed by atoms with E-state index in [0.717, 1.165) is 0 Å². The number of hydrogen-bond donors (Lipinski definition) is 2. The third-order valence-electron chi connectivity index (χ3n) is 2.07. The molecule has 2 aromatic heterocycles. The first-order chi connectivity index (χ1) is 8.15. The maximum absolute atomic E-state index is 8.97. The third kappa shape index (κ3) is 3.02. The second kappa shape index (κ2) is 4.94. The Bertz CT molecular complexity index is 502. The molecular weight excluding hydrogens is 223 g/mol. The molecule has 0 saturated heterocycles. The molecule has 88 valence electrons. The maximum atomic E-state index is 8.97. The van der Waals surface area contributed by atoms with E-state index < -0.39 is 7.12 Å². The first kappa shape index (κ1) is 11.6. The molecule has 0 aliphatic heterocycles. The summed E-state index contributed by atoms with van der Waals surface area (Å²) in [6.45, 7) is 0.250. The molecular formula is C9H11BN4O3. The quantitative estimate of drug-likeness (QED) is 0.623. The molecule has 8 heteroatoms. The molecule has 2 aromatic rings. The van der Waals surface area contributed by atoms with E-state index in [1.165, 1.54) is 18.5 Å². The average molecular weight is 234 g/mol. The van der Waals surface area contributed by atoms with E-state index in [-0.39, 0.29) is 12.1 Å². The third-order valence-corrected chi connectivity index (χ3v) is 2.07. The minimum Gasteiger partial charge on any atom is -0.486 e. The molecule has 0 saturated carbocycles. The molecule has 0 aliphatic carbocycles. The van der Waals surface area contributed by atoms with E-state index in [9.17, 15) is 0 Å². The van der Waals surface area contributed by atoms with Crippen LogP contribution in [0.1, 0.15) is 5.69 Å². The Morgan fingerprint density at radius 2 is 2.24 bits per heavy atom. The highest BCUT2D eigenvalue weighted by Crippen LogP contribution is 2.07. The summed E-state index contributed by atoms with van der Waals surface area (Å²) in [6.07, 6.45) is 4.58. The highest BCUT2D eigenvalue weighted by atomic mass is 16.5. The summed E-state index contributed by atoms with van der Waals surface area (Å²) < 4.78 is 6.97. The van der Waals surface area contributed by atoms with Gasteiger partial charge < -0.3 is 14.8 Å². The fourth-order valence-electron chi connectivity index (χ4n) is 1.27. The molecule has 7 nitrogen and oxygen atoms in total. The van der Waals surface area contributed by atoms with Crippen LogP contribution >= 0.6 is 0 Å². The predicted molar refractivity (Wildman–Crippen MR) is 59.4 cm³/mol. The standard InChI is InChI=1S/C9H11BN4O3/c1-14-5-8(12-13-14)6-17-9-2-7(10(15)16)3-11-4-9/h2-5,15-16H,6H2,1H3. The van der Waals surface area contributed by atoms with Gasteiger partial charge in [-0.05, 0) is 6.07 Å². The van der Waals surface area contributed by atoms with Crippen molar-refractivity contribution in [3.63, 3.8) is 0 Å². The Labute approximate surface area is 97.8 Å². The molecule has 2 heterocycles. The summed E-state index contributed by atoms with van der Waals surface area (Å²) in [5, 5.41) is 25.6. The molecule has 0 aromatic carbocycles. The summed E-state index contributed by atoms with van der Waals surface area (Å²) in [6, 6.07) is 1.51. The van der Waals surface area contributed by atoms with Crippen LogP contribution in [0.15, 0.2) is 24.7 Å². The van der Waals surface area contributed by atoms with Crippen molar-refractivity contribution in [1.29, 1.82) is 0 Å². The van der Waals surface area contributed by atoms with Crippen molar-refractivity contribution in [1.82, 2.24) is 20.0 Å². The van der Waals surface area contributed by atoms with Crippen LogP contribution < -0.4 is 10.2 Å². The summed E-state index contributed by atoms with van der Waals surface area (Å²) in [4.78, 5) is 3.84. The molecule has 0 radical (unpaired) electrons. The largest absolute Gasteiger partial charge is 0.490 e. The van der Waals surface area contributed by atoms with Gasteiger partial charge >= 0.3 is 7.12 Å². The van der Waals surface area contributed by atoms with Gasteiger partial charge in [-0.15, -0.1) is 5.10 Å². The molecule has 0 aliphatic rings. The molecule has 0 unspecified atom stereocenters. The topological polar surface area (TPSA) is 93.3 Å². The fourth-order valence-corrected chi connectivity index (χ4v) is 1.27. The number of aryl methyl sites for hydroxylation is 1. The van der Waals surface area contributed by atoms with Crippen molar-refractivity contribution >= 4 is 12.6 Å². The lowest BCUT2D eigenvalue weighted by Gasteiger charge is -2.05. The zero-order valence-corrected chi connectivity index (χ0v) is 9.19. The lowest BCUT2D eigenvalue weighted by Crippen LogP contribution is -2.30. The van der Waals surface area contributed by atoms with Gasteiger partial charge in [-0.3, -0.25) is 9.67 Å². The molecule has 2 N–H and O–H groups in total. The molecule has 0 atom stereocenters. The summed E-state index contributed by atoms with van der Waals surface area (Å²) in [7, 11) is 0.212. The number of rotatable bonds is 4. The van der Waals surface area contributed by atoms with E-state index in [2.05, 4.69) is 15.3 Å². The summed E-state index contributed by atoms with van der Waals surface area (Å²) in [5.41, 5.74) is 0.962. The lowest BCUT2D eigenvalue weighted by molar-refractivity contribution is 0.300. The fraction of sp³-hybridized carbons (Fsp3) is 0.222. The number of ether oxygens (including phenoxy) is 1. The maximum Gasteiger partial charge on any atom is 0.490 e. The van der Waals surface area contributed by atoms with Crippen molar-refractivity contribution < 1.29 is 14.8 Å². The zero-order valence-electron chi connectivity index (χ0n) is 9.19. The van der Waals surface area contributed by atoms with Crippen LogP contribution in [-0.2, 0) is 13.7 Å². The Morgan fingerprint density at radius 3 is 2.88 bits per heavy atom. The Hall–Kier alpha value is -1.93. The summed E-state index contributed by atoms with van der Waals surface area (Å²) >= 11 is 0. The van der Waals surface area contributed by atoms with Crippen LogP contribution in [0.25, 0.3) is 0 Å². The SMILES string of the molecule is Cn1cc(COc2cncc(B(O)O)c2)nn1. The summed E-state index contributed by atoms with van der Waals surface area (Å²) in [5.74, 6) is 0.446. The highest BCUT2D eigenvalue weighted by molar-refractivity contribution is 6.58. The van der Waals surface area contributed by atoms with Crippen LogP contribution in [0.5, 0.6) is 5.75 Å². The van der Waals surface area contributed by atoms with E-state index in [1.807, 2.05) is 0 Å². The molecule has 17 heavy (non-hydrogen) atoms. The number of aromatic nitrogens is 4. The van der Waals surface area contributed by atoms with Crippen LogP contribution in [0.3, 0.4) is 0 Å². The van der Waals surface area contributed by atoms with Gasteiger partial charge in [0.25, 0.3) is 0 Å². The first-order valence-corrected chi connectivity index (χ1v) is 4.94. The van der Waals surface area contributed by atoms with E-state index in [1.54, 1.807) is 17.9 Å². The molecule has 2 rings (SSSR count). The van der Waals surface area contributed by atoms with Gasteiger partial charge in [0.05, 0.1) is 12.4 Å². The average Bonchev–Trinajstić information content (AvgIpc) is 2.73. The van der Waals surface area contributed by atoms with Crippen LogP contribution in [0.2, 0.25) is 0 Å². The minimum absolute atomic E-state index is 0.250. The number of nitrogens with zero attached hydrogens (tertiary/aromatic N) is 4. The molecule has 0 spiro atoms. The second-order valence-corrected chi connectivity index (χ2v) is 3.50. The van der Waals surface area contributed by atoms with Gasteiger partial charge in [0, 0.05) is 18.7 Å². The van der Waals surface area contributed by atoms with Crippen molar-refractivity contribution in [3.05, 3.63) is 30.4 Å². The van der Waals surface area contributed by atoms with Gasteiger partial charge in [0.15, 0.2) is 0 Å². The smallest absolute Gasteiger partial charge is 0.486 e. The van der Waals surface area contributed by atoms with E-state index >= 15 is 0 Å². The second-order valence-electron chi connectivity index (χ2n) is 3.50. The van der Waals surface area contributed by atoms with Crippen molar-refractivity contribution in [2.45, 2.75) is 6.61 Å². The highest BCUT2D eigenvalue weighted by Gasteiger charge is 2.12. The van der Waals surface area contributed by atoms with Crippen LogP contribution in [0, 0.1) is 0 Å². The Kier molecular flexibility index (Phi) is 3.36. The van der Waals surface area contributed by atoms with Gasteiger partial charge in [-0.25, -0.2) is 0 Å². The first-order valence-electron chi connectivity index (χ1n) is 4.94. The lowest BCUT2D eigenvalue weighted by atomic mass is 9.82. The molecule has 0 fully saturated rings. The normalized spacial score (nSPS) is 10.3. The number of hydrogen-bond acceptors (Lipinski definition) is 6. The number of pyridine rings is 1. The molecule has 0 bridgehead atoms. The van der Waals surface area contributed by atoms with Gasteiger partial charge in [-0.2, -0.15) is 0 Å². The minimum atomic E-state index is -1.55. The van der Waals surface area contributed by atoms with E-state index in [0.29, 0.717) is 11.4 Å². The van der Waals surface area contributed by atoms with Crippen LogP contribution in [0.4, 0.5) is 0 Å². The Morgan fingerprint density at radius 1 is 1.41 bits per heavy atom. The van der Waals surface area contributed by atoms with Crippen molar-refractivity contribution in [2.75, 3.05) is 0 Å². The van der Waals surface area contributed by atoms with Crippen molar-refractivity contribution in [2.24, 2.45) is 7.05 Å². The van der Waals surface area contributed by atoms with E-state index in [4.69, 9.17) is 14.8 Å². The molecule has 0 amide bonds. The Balaban J connectivity index is 2.01. The predicted octanol–water partition coefficient (Wildman–Crippen LogP) is -1.53. The van der Waals surface area contributed by atoms with Crippen LogP contribution in [-0.4, -0.2) is 37.1 Å². The zero-order chi connectivity index (χ0) is 12.3. The monoisotopic (exact) mass is 234 g/mol. The van der Waals surface area contributed by atoms with Crippen molar-refractivity contribution in [3.8, 4) is 5.75 Å².